The largest absolute Gasteiger partial charge is 0.494 e. The molecule has 0 unspecified atom stereocenters. The van der Waals surface area contributed by atoms with Crippen LogP contribution in [0.15, 0.2) is 10.7 Å². The Kier molecular flexibility index (Phi) is 3.62. The second-order valence-corrected chi connectivity index (χ2v) is 3.15. The molecular formula is C8H8BrF2NO2. The van der Waals surface area contributed by atoms with Crippen LogP contribution in [0.4, 0.5) is 8.78 Å². The van der Waals surface area contributed by atoms with Gasteiger partial charge >= 0.3 is 0 Å². The van der Waals surface area contributed by atoms with Crippen molar-refractivity contribution in [3.05, 3.63) is 16.4 Å². The Morgan fingerprint density at radius 1 is 1.36 bits per heavy atom. The van der Waals surface area contributed by atoms with Gasteiger partial charge in [0.2, 0.25) is 0 Å². The molecule has 0 aromatic carbocycles. The van der Waals surface area contributed by atoms with Crippen LogP contribution < -0.4 is 9.47 Å². The number of methoxy groups -OCH3 is 2. The number of aromatic nitrogens is 1. The van der Waals surface area contributed by atoms with Crippen molar-refractivity contribution in [1.29, 1.82) is 0 Å². The molecule has 1 heterocycles. The molecular weight excluding hydrogens is 260 g/mol. The Balaban J connectivity index is 3.28. The fraction of sp³-hybridized carbons (Fsp3) is 0.375. The molecule has 0 aliphatic carbocycles. The van der Waals surface area contributed by atoms with Crippen molar-refractivity contribution in [1.82, 2.24) is 4.98 Å². The highest BCUT2D eigenvalue weighted by molar-refractivity contribution is 9.10. The third kappa shape index (κ3) is 1.95. The summed E-state index contributed by atoms with van der Waals surface area (Å²) in [4.78, 5) is 3.55. The van der Waals surface area contributed by atoms with E-state index >= 15 is 0 Å². The molecule has 1 rings (SSSR count). The Morgan fingerprint density at radius 3 is 2.43 bits per heavy atom. The lowest BCUT2D eigenvalue weighted by Gasteiger charge is -2.11. The zero-order valence-corrected chi connectivity index (χ0v) is 9.14. The number of hydrogen-bond donors (Lipinski definition) is 0. The summed E-state index contributed by atoms with van der Waals surface area (Å²) in [6.45, 7) is 0. The highest BCUT2D eigenvalue weighted by atomic mass is 79.9. The van der Waals surface area contributed by atoms with E-state index in [1.165, 1.54) is 20.4 Å². The van der Waals surface area contributed by atoms with E-state index in [9.17, 15) is 8.78 Å². The summed E-state index contributed by atoms with van der Waals surface area (Å²) in [6.07, 6.45) is -1.46. The molecule has 0 amide bonds. The lowest BCUT2D eigenvalue weighted by atomic mass is 10.3. The van der Waals surface area contributed by atoms with Crippen molar-refractivity contribution in [3.63, 3.8) is 0 Å². The van der Waals surface area contributed by atoms with E-state index in [0.717, 1.165) is 0 Å². The highest BCUT2D eigenvalue weighted by Crippen LogP contribution is 2.39. The van der Waals surface area contributed by atoms with E-state index in [-0.39, 0.29) is 5.75 Å². The molecule has 0 radical (unpaired) electrons. The topological polar surface area (TPSA) is 31.4 Å². The minimum Gasteiger partial charge on any atom is -0.494 e. The van der Waals surface area contributed by atoms with Gasteiger partial charge in [0.1, 0.15) is 10.2 Å². The second-order valence-electron chi connectivity index (χ2n) is 2.36. The average Bonchev–Trinajstić information content (AvgIpc) is 2.17. The van der Waals surface area contributed by atoms with Gasteiger partial charge in [-0.2, -0.15) is 0 Å². The first-order chi connectivity index (χ1) is 6.61. The third-order valence-electron chi connectivity index (χ3n) is 1.60. The first kappa shape index (κ1) is 11.2. The Hall–Kier alpha value is -0.910. The van der Waals surface area contributed by atoms with E-state index in [2.05, 4.69) is 20.9 Å². The van der Waals surface area contributed by atoms with Gasteiger partial charge in [-0.05, 0) is 15.9 Å². The van der Waals surface area contributed by atoms with Crippen LogP contribution in [0.25, 0.3) is 0 Å². The van der Waals surface area contributed by atoms with Crippen LogP contribution in [0.1, 0.15) is 12.1 Å². The molecule has 6 heteroatoms. The summed E-state index contributed by atoms with van der Waals surface area (Å²) in [7, 11) is 2.72. The number of nitrogens with zero attached hydrogens (tertiary/aromatic N) is 1. The summed E-state index contributed by atoms with van der Waals surface area (Å²) in [6, 6.07) is 0. The van der Waals surface area contributed by atoms with E-state index < -0.39 is 12.1 Å². The van der Waals surface area contributed by atoms with Gasteiger partial charge < -0.3 is 9.47 Å². The molecule has 1 aromatic rings. The highest BCUT2D eigenvalue weighted by Gasteiger charge is 2.20. The van der Waals surface area contributed by atoms with Crippen molar-refractivity contribution in [3.8, 4) is 11.5 Å². The van der Waals surface area contributed by atoms with Crippen LogP contribution in [-0.4, -0.2) is 19.2 Å². The zero-order chi connectivity index (χ0) is 10.7. The maximum Gasteiger partial charge on any atom is 0.284 e. The Labute approximate surface area is 88.2 Å². The molecule has 0 spiro atoms. The van der Waals surface area contributed by atoms with Crippen molar-refractivity contribution in [2.75, 3.05) is 14.2 Å². The molecule has 14 heavy (non-hydrogen) atoms. The fourth-order valence-electron chi connectivity index (χ4n) is 0.960. The minimum absolute atomic E-state index is 0.000602. The smallest absolute Gasteiger partial charge is 0.284 e. The monoisotopic (exact) mass is 267 g/mol. The molecule has 0 N–H and O–H groups in total. The van der Waals surface area contributed by atoms with E-state index in [4.69, 9.17) is 9.47 Å². The number of pyridine rings is 1. The van der Waals surface area contributed by atoms with Crippen molar-refractivity contribution >= 4 is 15.9 Å². The van der Waals surface area contributed by atoms with Crippen molar-refractivity contribution < 1.29 is 18.3 Å². The molecule has 0 bridgehead atoms. The van der Waals surface area contributed by atoms with E-state index in [1.54, 1.807) is 0 Å². The molecule has 0 atom stereocenters. The number of hydrogen-bond acceptors (Lipinski definition) is 3. The van der Waals surface area contributed by atoms with Gasteiger partial charge in [-0.15, -0.1) is 0 Å². The van der Waals surface area contributed by atoms with Crippen LogP contribution in [0, 0.1) is 0 Å². The summed E-state index contributed by atoms with van der Waals surface area (Å²) < 4.78 is 34.9. The van der Waals surface area contributed by atoms with Gasteiger partial charge in [0.05, 0.1) is 20.4 Å². The number of alkyl halides is 2. The second kappa shape index (κ2) is 4.54. The number of ether oxygens (including phenoxy) is 2. The van der Waals surface area contributed by atoms with Crippen LogP contribution in [0.5, 0.6) is 11.5 Å². The Bertz CT molecular complexity index is 333. The first-order valence-corrected chi connectivity index (χ1v) is 4.45. The van der Waals surface area contributed by atoms with Crippen LogP contribution in [0.2, 0.25) is 0 Å². The first-order valence-electron chi connectivity index (χ1n) is 3.66. The molecule has 0 saturated carbocycles. The number of rotatable bonds is 3. The van der Waals surface area contributed by atoms with E-state index in [1.807, 2.05) is 0 Å². The molecule has 78 valence electrons. The molecule has 0 fully saturated rings. The molecule has 0 aliphatic rings. The van der Waals surface area contributed by atoms with Crippen molar-refractivity contribution in [2.45, 2.75) is 6.43 Å². The van der Waals surface area contributed by atoms with Gasteiger partial charge in [-0.1, -0.05) is 0 Å². The lowest BCUT2D eigenvalue weighted by molar-refractivity contribution is 0.141. The molecule has 1 aromatic heterocycles. The summed E-state index contributed by atoms with van der Waals surface area (Å²) in [5.74, 6) is 0.352. The summed E-state index contributed by atoms with van der Waals surface area (Å²) in [5.41, 5.74) is -0.403. The maximum absolute atomic E-state index is 12.4. The zero-order valence-electron chi connectivity index (χ0n) is 7.55. The molecule has 3 nitrogen and oxygen atoms in total. The lowest BCUT2D eigenvalue weighted by Crippen LogP contribution is -1.99. The standard InChI is InChI=1S/C8H8BrF2NO2/c1-13-4-3-12-6(8(10)11)7(14-2)5(4)9/h3,8H,1-2H3. The van der Waals surface area contributed by atoms with Crippen LogP contribution >= 0.6 is 15.9 Å². The van der Waals surface area contributed by atoms with Crippen LogP contribution in [0.3, 0.4) is 0 Å². The van der Waals surface area contributed by atoms with Gasteiger partial charge in [0, 0.05) is 0 Å². The maximum atomic E-state index is 12.4. The third-order valence-corrected chi connectivity index (χ3v) is 2.35. The van der Waals surface area contributed by atoms with Gasteiger partial charge in [-0.3, -0.25) is 0 Å². The average molecular weight is 268 g/mol. The SMILES string of the molecule is COc1cnc(C(F)F)c(OC)c1Br. The van der Waals surface area contributed by atoms with Crippen molar-refractivity contribution in [2.24, 2.45) is 0 Å². The molecule has 0 saturated heterocycles. The normalized spacial score (nSPS) is 10.4. The van der Waals surface area contributed by atoms with Gasteiger partial charge in [0.15, 0.2) is 11.5 Å². The molecule has 0 aliphatic heterocycles. The predicted molar refractivity (Wildman–Crippen MR) is 50.0 cm³/mol. The van der Waals surface area contributed by atoms with E-state index in [0.29, 0.717) is 10.2 Å². The predicted octanol–water partition coefficient (Wildman–Crippen LogP) is 2.80. The fourth-order valence-corrected chi connectivity index (χ4v) is 1.59. The minimum atomic E-state index is -2.67. The number of halogens is 3. The Morgan fingerprint density at radius 2 is 2.00 bits per heavy atom. The van der Waals surface area contributed by atoms with Crippen LogP contribution in [-0.2, 0) is 0 Å². The quantitative estimate of drug-likeness (QED) is 0.844. The summed E-state index contributed by atoms with van der Waals surface area (Å²) >= 11 is 3.10. The van der Waals surface area contributed by atoms with Gasteiger partial charge in [-0.25, -0.2) is 13.8 Å². The van der Waals surface area contributed by atoms with Gasteiger partial charge in [0.25, 0.3) is 6.43 Å². The summed E-state index contributed by atoms with van der Waals surface area (Å²) in [5, 5.41) is 0.